The van der Waals surface area contributed by atoms with Crippen LogP contribution in [0.2, 0.25) is 5.28 Å². The van der Waals surface area contributed by atoms with E-state index in [0.717, 1.165) is 0 Å². The van der Waals surface area contributed by atoms with E-state index in [9.17, 15) is 0 Å². The Kier molecular flexibility index (Phi) is 5.16. The molecule has 1 aromatic carbocycles. The summed E-state index contributed by atoms with van der Waals surface area (Å²) in [7, 11) is 0. The Morgan fingerprint density at radius 3 is 2.33 bits per heavy atom. The molecule has 0 amide bonds. The van der Waals surface area contributed by atoms with Crippen molar-refractivity contribution in [2.75, 3.05) is 0 Å². The maximum absolute atomic E-state index is 2.78. The molecule has 0 aliphatic carbocycles. The molecule has 1 aromatic rings. The molecule has 12 heavy (non-hydrogen) atoms. The van der Waals surface area contributed by atoms with Gasteiger partial charge in [0.15, 0.2) is 0 Å². The van der Waals surface area contributed by atoms with Gasteiger partial charge in [-0.05, 0) is 0 Å². The van der Waals surface area contributed by atoms with Gasteiger partial charge in [-0.3, -0.25) is 0 Å². The molecule has 0 spiro atoms. The second kappa shape index (κ2) is 6.29. The van der Waals surface area contributed by atoms with Crippen LogP contribution in [0, 0.1) is 0 Å². The molecule has 0 fully saturated rings. The van der Waals surface area contributed by atoms with Crippen molar-refractivity contribution in [3.63, 3.8) is 0 Å². The average molecular weight is 174 g/mol. The molecule has 0 unspecified atom stereocenters. The fraction of sp³-hybridized carbons (Fsp3) is 0.455. The summed E-state index contributed by atoms with van der Waals surface area (Å²) < 4.78 is 0. The number of hydrogen-bond donors (Lipinski definition) is 0. The van der Waals surface area contributed by atoms with Gasteiger partial charge in [0.05, 0.1) is 0 Å². The molecule has 0 heterocycles. The minimum absolute atomic E-state index is 1.24. The molecule has 0 aliphatic heterocycles. The van der Waals surface area contributed by atoms with Crippen LogP contribution in [0.15, 0.2) is 30.3 Å². The first kappa shape index (κ1) is 9.84. The minimum atomic E-state index is 1.24. The van der Waals surface area contributed by atoms with Gasteiger partial charge < -0.3 is 0 Å². The number of aryl methyl sites for hydroxylation is 1. The standard InChI is InChI=1S/C11H15.Al/c1-2-3-5-8-11-9-6-4-7-10-11;/h4,6-7,9-10H,1-3,5,8H2;/q;+2. The van der Waals surface area contributed by atoms with Crippen molar-refractivity contribution >= 4 is 16.3 Å². The second-order valence-corrected chi connectivity index (χ2v) is 3.66. The van der Waals surface area contributed by atoms with Crippen molar-refractivity contribution in [3.8, 4) is 0 Å². The van der Waals surface area contributed by atoms with Crippen LogP contribution in [0.1, 0.15) is 24.8 Å². The van der Waals surface area contributed by atoms with Crippen molar-refractivity contribution in [2.24, 2.45) is 0 Å². The quantitative estimate of drug-likeness (QED) is 0.475. The molecule has 0 radical (unpaired) electrons. The Balaban J connectivity index is 2.16. The molecule has 0 atom stereocenters. The summed E-state index contributed by atoms with van der Waals surface area (Å²) in [5.41, 5.74) is 1.47. The normalized spacial score (nSPS) is 10.2. The third kappa shape index (κ3) is 3.95. The summed E-state index contributed by atoms with van der Waals surface area (Å²) in [6, 6.07) is 10.7. The van der Waals surface area contributed by atoms with Gasteiger partial charge in [-0.15, -0.1) is 0 Å². The molecule has 1 heteroatoms. The third-order valence-electron chi connectivity index (χ3n) is 2.01. The fourth-order valence-corrected chi connectivity index (χ4v) is 1.58. The summed E-state index contributed by atoms with van der Waals surface area (Å²) in [5, 5.41) is 1.24. The third-order valence-corrected chi connectivity index (χ3v) is 2.42. The Labute approximate surface area is 83.4 Å². The summed E-state index contributed by atoms with van der Waals surface area (Å²) in [6.45, 7) is 0. The summed E-state index contributed by atoms with van der Waals surface area (Å²) >= 11 is 2.78. The van der Waals surface area contributed by atoms with Crippen molar-refractivity contribution in [1.29, 1.82) is 0 Å². The molecule has 1 rings (SSSR count). The molecular formula is C11H15Al+2. The Bertz CT molecular complexity index is 193. The van der Waals surface area contributed by atoms with E-state index < -0.39 is 0 Å². The van der Waals surface area contributed by atoms with E-state index in [2.05, 4.69) is 46.6 Å². The first-order valence-electron chi connectivity index (χ1n) is 4.67. The van der Waals surface area contributed by atoms with Crippen molar-refractivity contribution in [1.82, 2.24) is 0 Å². The van der Waals surface area contributed by atoms with Crippen LogP contribution in [-0.2, 0) is 6.42 Å². The van der Waals surface area contributed by atoms with E-state index in [4.69, 9.17) is 0 Å². The molecule has 0 bridgehead atoms. The Morgan fingerprint density at radius 1 is 0.917 bits per heavy atom. The fourth-order valence-electron chi connectivity index (χ4n) is 1.29. The molecule has 0 aliphatic rings. The Morgan fingerprint density at radius 2 is 1.67 bits per heavy atom. The van der Waals surface area contributed by atoms with E-state index in [1.807, 2.05) is 0 Å². The van der Waals surface area contributed by atoms with E-state index in [0.29, 0.717) is 0 Å². The van der Waals surface area contributed by atoms with Crippen LogP contribution < -0.4 is 0 Å². The van der Waals surface area contributed by atoms with Gasteiger partial charge >= 0.3 is 83.2 Å². The maximum atomic E-state index is 2.78. The molecule has 0 aromatic heterocycles. The first-order chi connectivity index (χ1) is 5.93. The Hall–Kier alpha value is -0.248. The second-order valence-electron chi connectivity index (χ2n) is 3.08. The van der Waals surface area contributed by atoms with Crippen LogP contribution in [0.5, 0.6) is 0 Å². The zero-order chi connectivity index (χ0) is 8.65. The number of rotatable bonds is 5. The molecule has 0 N–H and O–H groups in total. The van der Waals surface area contributed by atoms with Gasteiger partial charge in [0.2, 0.25) is 0 Å². The predicted molar refractivity (Wildman–Crippen MR) is 54.6 cm³/mol. The van der Waals surface area contributed by atoms with E-state index in [1.165, 1.54) is 36.5 Å². The van der Waals surface area contributed by atoms with Crippen LogP contribution in [0.4, 0.5) is 0 Å². The van der Waals surface area contributed by atoms with Gasteiger partial charge in [-0.25, -0.2) is 0 Å². The summed E-state index contributed by atoms with van der Waals surface area (Å²) in [5.74, 6) is 0. The predicted octanol–water partition coefficient (Wildman–Crippen LogP) is 2.99. The van der Waals surface area contributed by atoms with Crippen molar-refractivity contribution < 1.29 is 0 Å². The van der Waals surface area contributed by atoms with Crippen LogP contribution >= 0.6 is 0 Å². The van der Waals surface area contributed by atoms with Crippen molar-refractivity contribution in [2.45, 2.75) is 31.0 Å². The van der Waals surface area contributed by atoms with E-state index in [-0.39, 0.29) is 0 Å². The van der Waals surface area contributed by atoms with E-state index >= 15 is 0 Å². The zero-order valence-electron chi connectivity index (χ0n) is 7.50. The monoisotopic (exact) mass is 174 g/mol. The molecule has 0 nitrogen and oxygen atoms in total. The molecular weight excluding hydrogens is 159 g/mol. The SMILES string of the molecule is [Al+2][CH2]CCCCc1ccccc1. The van der Waals surface area contributed by atoms with Crippen LogP contribution in [0.3, 0.4) is 0 Å². The van der Waals surface area contributed by atoms with E-state index in [1.54, 1.807) is 0 Å². The molecule has 0 saturated heterocycles. The van der Waals surface area contributed by atoms with Gasteiger partial charge in [0.1, 0.15) is 0 Å². The molecule has 0 saturated carbocycles. The van der Waals surface area contributed by atoms with Gasteiger partial charge in [0.25, 0.3) is 0 Å². The number of unbranched alkanes of at least 4 members (excludes halogenated alkanes) is 2. The summed E-state index contributed by atoms with van der Waals surface area (Å²) in [6.07, 6.45) is 5.28. The number of hydrogen-bond acceptors (Lipinski definition) is 0. The zero-order valence-corrected chi connectivity index (χ0v) is 8.65. The van der Waals surface area contributed by atoms with Gasteiger partial charge in [-0.2, -0.15) is 0 Å². The van der Waals surface area contributed by atoms with Crippen LogP contribution in [-0.4, -0.2) is 16.3 Å². The average Bonchev–Trinajstić information content (AvgIpc) is 2.14. The van der Waals surface area contributed by atoms with Gasteiger partial charge in [-0.1, -0.05) is 0 Å². The van der Waals surface area contributed by atoms with Crippen molar-refractivity contribution in [3.05, 3.63) is 35.9 Å². The first-order valence-corrected chi connectivity index (χ1v) is 5.49. The summed E-state index contributed by atoms with van der Waals surface area (Å²) in [4.78, 5) is 0. The number of benzene rings is 1. The molecule has 60 valence electrons. The topological polar surface area (TPSA) is 0 Å². The van der Waals surface area contributed by atoms with Crippen LogP contribution in [0.25, 0.3) is 0 Å². The van der Waals surface area contributed by atoms with Gasteiger partial charge in [0, 0.05) is 0 Å².